The lowest BCUT2D eigenvalue weighted by Gasteiger charge is -2.07. The minimum atomic E-state index is -3.81. The van der Waals surface area contributed by atoms with Crippen LogP contribution >= 0.6 is 23.3 Å². The first kappa shape index (κ1) is 13.3. The van der Waals surface area contributed by atoms with Crippen molar-refractivity contribution < 1.29 is 8.42 Å². The molecule has 18 heavy (non-hydrogen) atoms. The van der Waals surface area contributed by atoms with E-state index >= 15 is 0 Å². The van der Waals surface area contributed by atoms with Crippen molar-refractivity contribution in [3.8, 4) is 0 Å². The van der Waals surface area contributed by atoms with Gasteiger partial charge in [-0.1, -0.05) is 17.8 Å². The van der Waals surface area contributed by atoms with Gasteiger partial charge in [0.1, 0.15) is 10.7 Å². The number of hydrogen-bond donors (Lipinski definition) is 2. The molecule has 0 aliphatic heterocycles. The number of hydrogen-bond acceptors (Lipinski definition) is 7. The van der Waals surface area contributed by atoms with Gasteiger partial charge >= 0.3 is 0 Å². The molecule has 0 bridgehead atoms. The number of aromatic nitrogens is 2. The second-order valence-electron chi connectivity index (χ2n) is 3.42. The molecule has 0 spiro atoms. The number of rotatable bonds is 3. The van der Waals surface area contributed by atoms with Gasteiger partial charge in [-0.05, 0) is 30.6 Å². The second-order valence-corrected chi connectivity index (χ2v) is 6.99. The van der Waals surface area contributed by atoms with Crippen LogP contribution in [0, 0.1) is 6.92 Å². The van der Waals surface area contributed by atoms with Crippen molar-refractivity contribution in [2.45, 2.75) is 21.1 Å². The van der Waals surface area contributed by atoms with Crippen molar-refractivity contribution in [2.75, 3.05) is 5.73 Å². The highest BCUT2D eigenvalue weighted by molar-refractivity contribution is 8.01. The zero-order valence-corrected chi connectivity index (χ0v) is 11.8. The molecule has 0 saturated carbocycles. The Morgan fingerprint density at radius 1 is 1.39 bits per heavy atom. The number of nitrogen functional groups attached to an aromatic ring is 1. The third kappa shape index (κ3) is 2.80. The van der Waals surface area contributed by atoms with Crippen LogP contribution in [0.15, 0.2) is 32.3 Å². The molecule has 2 rings (SSSR count). The molecule has 6 nitrogen and oxygen atoms in total. The van der Waals surface area contributed by atoms with Gasteiger partial charge in [0.2, 0.25) is 10.0 Å². The van der Waals surface area contributed by atoms with Gasteiger partial charge in [0.15, 0.2) is 4.34 Å². The summed E-state index contributed by atoms with van der Waals surface area (Å²) in [5, 5.41) is 5.08. The first-order valence-electron chi connectivity index (χ1n) is 4.77. The van der Waals surface area contributed by atoms with E-state index in [4.69, 9.17) is 10.9 Å². The first-order valence-corrected chi connectivity index (χ1v) is 7.91. The fourth-order valence-corrected chi connectivity index (χ4v) is 3.71. The van der Waals surface area contributed by atoms with Crippen LogP contribution in [0.2, 0.25) is 0 Å². The lowest BCUT2D eigenvalue weighted by Crippen LogP contribution is -2.14. The Hall–Kier alpha value is -1.16. The van der Waals surface area contributed by atoms with Crippen LogP contribution in [0.3, 0.4) is 0 Å². The summed E-state index contributed by atoms with van der Waals surface area (Å²) in [4.78, 5) is 4.69. The molecular formula is C9H10N4O2S3. The maximum atomic E-state index is 11.3. The van der Waals surface area contributed by atoms with Crippen molar-refractivity contribution in [1.82, 2.24) is 9.36 Å². The van der Waals surface area contributed by atoms with E-state index in [9.17, 15) is 8.42 Å². The van der Waals surface area contributed by atoms with E-state index in [1.807, 2.05) is 0 Å². The average molecular weight is 302 g/mol. The average Bonchev–Trinajstić information content (AvgIpc) is 2.65. The second kappa shape index (κ2) is 4.84. The Bertz CT molecular complexity index is 681. The standard InChI is InChI=1S/C9H10N4O2S3/c1-5-12-9(17-13-5)16-6-3-2-4-7(8(6)10)18(11,14)15/h2-4H,10H2,1H3,(H2,11,14,15). The highest BCUT2D eigenvalue weighted by Gasteiger charge is 2.16. The number of nitrogens with zero attached hydrogens (tertiary/aromatic N) is 2. The minimum Gasteiger partial charge on any atom is -0.397 e. The van der Waals surface area contributed by atoms with E-state index in [1.165, 1.54) is 29.4 Å². The van der Waals surface area contributed by atoms with Crippen LogP contribution in [-0.4, -0.2) is 17.8 Å². The molecule has 0 unspecified atom stereocenters. The summed E-state index contributed by atoms with van der Waals surface area (Å²) in [7, 11) is -3.81. The summed E-state index contributed by atoms with van der Waals surface area (Å²) < 4.78 is 27.4. The fourth-order valence-electron chi connectivity index (χ4n) is 1.27. The minimum absolute atomic E-state index is 0.0752. The maximum Gasteiger partial charge on any atom is 0.240 e. The zero-order valence-electron chi connectivity index (χ0n) is 9.32. The maximum absolute atomic E-state index is 11.3. The molecule has 0 atom stereocenters. The molecule has 0 saturated heterocycles. The van der Waals surface area contributed by atoms with Gasteiger partial charge in [-0.3, -0.25) is 0 Å². The van der Waals surface area contributed by atoms with Crippen LogP contribution in [0.25, 0.3) is 0 Å². The number of sulfonamides is 1. The highest BCUT2D eigenvalue weighted by atomic mass is 32.2. The van der Waals surface area contributed by atoms with Gasteiger partial charge < -0.3 is 5.73 Å². The Morgan fingerprint density at radius 3 is 2.67 bits per heavy atom. The molecule has 4 N–H and O–H groups in total. The van der Waals surface area contributed by atoms with Gasteiger partial charge in [0.25, 0.3) is 0 Å². The molecule has 0 aliphatic rings. The van der Waals surface area contributed by atoms with E-state index in [-0.39, 0.29) is 10.6 Å². The molecular weight excluding hydrogens is 292 g/mol. The quantitative estimate of drug-likeness (QED) is 0.825. The highest BCUT2D eigenvalue weighted by Crippen LogP contribution is 2.35. The van der Waals surface area contributed by atoms with Crippen molar-refractivity contribution in [3.05, 3.63) is 24.0 Å². The fraction of sp³-hybridized carbons (Fsp3) is 0.111. The van der Waals surface area contributed by atoms with Crippen LogP contribution in [0.5, 0.6) is 0 Å². The van der Waals surface area contributed by atoms with Crippen LogP contribution in [0.1, 0.15) is 5.82 Å². The van der Waals surface area contributed by atoms with E-state index < -0.39 is 10.0 Å². The lowest BCUT2D eigenvalue weighted by atomic mass is 10.3. The van der Waals surface area contributed by atoms with Crippen molar-refractivity contribution in [2.24, 2.45) is 5.14 Å². The van der Waals surface area contributed by atoms with Crippen LogP contribution in [0.4, 0.5) is 5.69 Å². The van der Waals surface area contributed by atoms with Crippen LogP contribution in [-0.2, 0) is 10.0 Å². The van der Waals surface area contributed by atoms with Gasteiger partial charge in [-0.25, -0.2) is 18.5 Å². The summed E-state index contributed by atoms with van der Waals surface area (Å²) in [5.41, 5.74) is 5.94. The third-order valence-electron chi connectivity index (χ3n) is 2.04. The molecule has 96 valence electrons. The number of nitrogens with two attached hydrogens (primary N) is 2. The first-order chi connectivity index (χ1) is 8.38. The van der Waals surface area contributed by atoms with E-state index in [1.54, 1.807) is 19.1 Å². The summed E-state index contributed by atoms with van der Waals surface area (Å²) in [6.45, 7) is 1.78. The molecule has 1 aromatic heterocycles. The number of aryl methyl sites for hydroxylation is 1. The van der Waals surface area contributed by atoms with Gasteiger partial charge in [0.05, 0.1) is 5.69 Å². The Morgan fingerprint density at radius 2 is 2.11 bits per heavy atom. The summed E-state index contributed by atoms with van der Waals surface area (Å²) in [5.74, 6) is 0.670. The molecule has 0 fully saturated rings. The SMILES string of the molecule is Cc1nsc(Sc2cccc(S(N)(=O)=O)c2N)n1. The monoisotopic (exact) mass is 302 g/mol. The third-order valence-corrected chi connectivity index (χ3v) is 4.93. The Balaban J connectivity index is 2.41. The summed E-state index contributed by atoms with van der Waals surface area (Å²) in [6, 6.07) is 4.68. The lowest BCUT2D eigenvalue weighted by molar-refractivity contribution is 0.598. The van der Waals surface area contributed by atoms with Gasteiger partial charge in [-0.15, -0.1) is 0 Å². The predicted octanol–water partition coefficient (Wildman–Crippen LogP) is 1.23. The Labute approximate surface area is 113 Å². The van der Waals surface area contributed by atoms with Crippen molar-refractivity contribution in [3.63, 3.8) is 0 Å². The molecule has 0 radical (unpaired) electrons. The van der Waals surface area contributed by atoms with E-state index in [0.29, 0.717) is 15.1 Å². The molecule has 9 heteroatoms. The summed E-state index contributed by atoms with van der Waals surface area (Å²) >= 11 is 2.50. The number of anilines is 1. The molecule has 1 aromatic carbocycles. The smallest absolute Gasteiger partial charge is 0.240 e. The normalized spacial score (nSPS) is 11.7. The number of para-hydroxylation sites is 1. The summed E-state index contributed by atoms with van der Waals surface area (Å²) in [6.07, 6.45) is 0. The van der Waals surface area contributed by atoms with Gasteiger partial charge in [0, 0.05) is 4.90 Å². The molecule has 0 amide bonds. The van der Waals surface area contributed by atoms with Crippen LogP contribution < -0.4 is 10.9 Å². The molecule has 0 aliphatic carbocycles. The van der Waals surface area contributed by atoms with Crippen molar-refractivity contribution in [1.29, 1.82) is 0 Å². The largest absolute Gasteiger partial charge is 0.397 e. The number of primary sulfonamides is 1. The van der Waals surface area contributed by atoms with E-state index in [0.717, 1.165) is 0 Å². The Kier molecular flexibility index (Phi) is 3.57. The molecule has 2 aromatic rings. The zero-order chi connectivity index (χ0) is 13.3. The van der Waals surface area contributed by atoms with E-state index in [2.05, 4.69) is 9.36 Å². The topological polar surface area (TPSA) is 112 Å². The van der Waals surface area contributed by atoms with Crippen molar-refractivity contribution >= 4 is 39.0 Å². The van der Waals surface area contributed by atoms with Gasteiger partial charge in [-0.2, -0.15) is 4.37 Å². The number of benzene rings is 1. The molecule has 1 heterocycles. The predicted molar refractivity (Wildman–Crippen MR) is 71.0 cm³/mol.